The molecule has 3 aromatic rings. The summed E-state index contributed by atoms with van der Waals surface area (Å²) < 4.78 is 12.7. The van der Waals surface area contributed by atoms with Gasteiger partial charge >= 0.3 is 0 Å². The van der Waals surface area contributed by atoms with Crippen molar-refractivity contribution in [3.8, 4) is 17.2 Å². The summed E-state index contributed by atoms with van der Waals surface area (Å²) in [7, 11) is 0. The van der Waals surface area contributed by atoms with Crippen LogP contribution in [0, 0.1) is 0 Å². The normalized spacial score (nSPS) is 13.4. The fourth-order valence-electron chi connectivity index (χ4n) is 2.98. The molecule has 6 nitrogen and oxygen atoms in total. The first kappa shape index (κ1) is 17.5. The molecule has 7 heteroatoms. The molecule has 1 aromatic heterocycles. The first-order valence-electron chi connectivity index (χ1n) is 8.54. The average Bonchev–Trinajstić information content (AvgIpc) is 3.36. The Morgan fingerprint density at radius 1 is 1.22 bits per heavy atom. The van der Waals surface area contributed by atoms with Crippen LogP contribution >= 0.6 is 11.8 Å². The molecular formula is C20H19N3O3S. The molecule has 0 spiro atoms. The van der Waals surface area contributed by atoms with Crippen molar-refractivity contribution in [2.45, 2.75) is 18.1 Å². The molecule has 27 heavy (non-hydrogen) atoms. The summed E-state index contributed by atoms with van der Waals surface area (Å²) in [5.74, 6) is 1.31. The zero-order valence-electron chi connectivity index (χ0n) is 15.0. The summed E-state index contributed by atoms with van der Waals surface area (Å²) in [4.78, 5) is 17.0. The fraction of sp³-hybridized carbons (Fsp3) is 0.200. The Hall–Kier alpha value is -2.93. The molecule has 1 N–H and O–H groups in total. The summed E-state index contributed by atoms with van der Waals surface area (Å²) >= 11 is 1.56. The van der Waals surface area contributed by atoms with E-state index in [9.17, 15) is 4.79 Å². The number of rotatable bonds is 5. The maximum atomic E-state index is 12.7. The van der Waals surface area contributed by atoms with Gasteiger partial charge in [-0.25, -0.2) is 4.98 Å². The van der Waals surface area contributed by atoms with Crippen LogP contribution in [0.2, 0.25) is 0 Å². The SMILES string of the molecule is CSc1nccn1-c1cccc(C(=O)NC(C)c2ccc3c(c2)OCO3)c1. The predicted octanol–water partition coefficient (Wildman–Crippen LogP) is 3.81. The smallest absolute Gasteiger partial charge is 0.251 e. The first-order valence-corrected chi connectivity index (χ1v) is 9.76. The summed E-state index contributed by atoms with van der Waals surface area (Å²) in [5, 5.41) is 3.92. The topological polar surface area (TPSA) is 65.4 Å². The van der Waals surface area contributed by atoms with E-state index < -0.39 is 0 Å². The largest absolute Gasteiger partial charge is 0.454 e. The Morgan fingerprint density at radius 3 is 2.93 bits per heavy atom. The van der Waals surface area contributed by atoms with E-state index in [1.807, 2.05) is 60.3 Å². The molecule has 0 fully saturated rings. The second kappa shape index (κ2) is 7.36. The van der Waals surface area contributed by atoms with Gasteiger partial charge in [-0.2, -0.15) is 0 Å². The van der Waals surface area contributed by atoms with Crippen molar-refractivity contribution >= 4 is 17.7 Å². The number of imidazole rings is 1. The van der Waals surface area contributed by atoms with Crippen LogP contribution in [-0.4, -0.2) is 28.5 Å². The molecule has 0 aliphatic carbocycles. The van der Waals surface area contributed by atoms with Gasteiger partial charge in [0.05, 0.1) is 6.04 Å². The van der Waals surface area contributed by atoms with Gasteiger partial charge in [0.15, 0.2) is 16.7 Å². The highest BCUT2D eigenvalue weighted by Crippen LogP contribution is 2.34. The third-order valence-electron chi connectivity index (χ3n) is 4.42. The number of aromatic nitrogens is 2. The Balaban J connectivity index is 1.52. The van der Waals surface area contributed by atoms with Crippen LogP contribution in [0.5, 0.6) is 11.5 Å². The van der Waals surface area contributed by atoms with Gasteiger partial charge in [-0.1, -0.05) is 23.9 Å². The standard InChI is InChI=1S/C20H19N3O3S/c1-13(14-6-7-17-18(11-14)26-12-25-17)22-19(24)15-4-3-5-16(10-15)23-9-8-21-20(23)27-2/h3-11,13H,12H2,1-2H3,(H,22,24). The second-order valence-electron chi connectivity index (χ2n) is 6.14. The summed E-state index contributed by atoms with van der Waals surface area (Å²) in [6.45, 7) is 2.18. The van der Waals surface area contributed by atoms with Crippen LogP contribution in [-0.2, 0) is 0 Å². The minimum atomic E-state index is -0.161. The molecular weight excluding hydrogens is 362 g/mol. The number of nitrogens with zero attached hydrogens (tertiary/aromatic N) is 2. The maximum absolute atomic E-state index is 12.7. The number of ether oxygens (including phenoxy) is 2. The highest BCUT2D eigenvalue weighted by Gasteiger charge is 2.17. The van der Waals surface area contributed by atoms with Crippen molar-refractivity contribution in [3.05, 3.63) is 66.0 Å². The number of hydrogen-bond donors (Lipinski definition) is 1. The third-order valence-corrected chi connectivity index (χ3v) is 5.09. The number of benzene rings is 2. The van der Waals surface area contributed by atoms with Crippen molar-refractivity contribution in [3.63, 3.8) is 0 Å². The summed E-state index contributed by atoms with van der Waals surface area (Å²) in [6, 6.07) is 13.0. The zero-order chi connectivity index (χ0) is 18.8. The quantitative estimate of drug-likeness (QED) is 0.681. The van der Waals surface area contributed by atoms with Crippen molar-refractivity contribution in [1.29, 1.82) is 0 Å². The Bertz CT molecular complexity index is 986. The second-order valence-corrected chi connectivity index (χ2v) is 6.92. The van der Waals surface area contributed by atoms with Crippen molar-refractivity contribution in [2.24, 2.45) is 0 Å². The molecule has 138 valence electrons. The van der Waals surface area contributed by atoms with Gasteiger partial charge in [-0.15, -0.1) is 0 Å². The van der Waals surface area contributed by atoms with Gasteiger partial charge in [-0.3, -0.25) is 9.36 Å². The van der Waals surface area contributed by atoms with E-state index in [4.69, 9.17) is 9.47 Å². The number of fused-ring (bicyclic) bond motifs is 1. The van der Waals surface area contributed by atoms with Crippen molar-refractivity contribution in [1.82, 2.24) is 14.9 Å². The van der Waals surface area contributed by atoms with E-state index in [1.165, 1.54) is 0 Å². The third kappa shape index (κ3) is 3.50. The Morgan fingerprint density at radius 2 is 2.07 bits per heavy atom. The number of carbonyl (C=O) groups is 1. The number of thioether (sulfide) groups is 1. The van der Waals surface area contributed by atoms with Crippen LogP contribution in [0.4, 0.5) is 0 Å². The van der Waals surface area contributed by atoms with E-state index in [0.717, 1.165) is 22.2 Å². The minimum Gasteiger partial charge on any atom is -0.454 e. The van der Waals surface area contributed by atoms with Gasteiger partial charge in [0.25, 0.3) is 5.91 Å². The lowest BCUT2D eigenvalue weighted by atomic mass is 10.1. The molecule has 0 radical (unpaired) electrons. The lowest BCUT2D eigenvalue weighted by molar-refractivity contribution is 0.0939. The van der Waals surface area contributed by atoms with Gasteiger partial charge in [-0.05, 0) is 49.1 Å². The molecule has 1 atom stereocenters. The molecule has 0 bridgehead atoms. The fourth-order valence-corrected chi connectivity index (χ4v) is 3.51. The van der Waals surface area contributed by atoms with Crippen LogP contribution in [0.1, 0.15) is 28.9 Å². The summed E-state index contributed by atoms with van der Waals surface area (Å²) in [6.07, 6.45) is 5.61. The monoisotopic (exact) mass is 381 g/mol. The molecule has 4 rings (SSSR count). The zero-order valence-corrected chi connectivity index (χ0v) is 15.8. The first-order chi connectivity index (χ1) is 13.2. The molecule has 2 aromatic carbocycles. The minimum absolute atomic E-state index is 0.132. The van der Waals surface area contributed by atoms with Crippen molar-refractivity contribution in [2.75, 3.05) is 13.0 Å². The van der Waals surface area contributed by atoms with Gasteiger partial charge in [0, 0.05) is 23.6 Å². The lowest BCUT2D eigenvalue weighted by Crippen LogP contribution is -2.26. The number of hydrogen-bond acceptors (Lipinski definition) is 5. The predicted molar refractivity (Wildman–Crippen MR) is 104 cm³/mol. The molecule has 1 aliphatic rings. The van der Waals surface area contributed by atoms with Crippen LogP contribution in [0.25, 0.3) is 5.69 Å². The van der Waals surface area contributed by atoms with E-state index >= 15 is 0 Å². The average molecular weight is 381 g/mol. The van der Waals surface area contributed by atoms with E-state index in [1.54, 1.807) is 24.0 Å². The van der Waals surface area contributed by atoms with E-state index in [2.05, 4.69) is 10.3 Å². The van der Waals surface area contributed by atoms with Gasteiger partial charge in [0.2, 0.25) is 6.79 Å². The van der Waals surface area contributed by atoms with Crippen LogP contribution in [0.3, 0.4) is 0 Å². The van der Waals surface area contributed by atoms with Crippen LogP contribution in [0.15, 0.2) is 60.0 Å². The molecule has 1 aliphatic heterocycles. The molecule has 0 saturated carbocycles. The van der Waals surface area contributed by atoms with E-state index in [0.29, 0.717) is 11.3 Å². The number of carbonyl (C=O) groups excluding carboxylic acids is 1. The molecule has 1 unspecified atom stereocenters. The Kier molecular flexibility index (Phi) is 4.77. The molecule has 0 saturated heterocycles. The van der Waals surface area contributed by atoms with Crippen LogP contribution < -0.4 is 14.8 Å². The maximum Gasteiger partial charge on any atom is 0.251 e. The Labute approximate surface area is 161 Å². The summed E-state index contributed by atoms with van der Waals surface area (Å²) in [5.41, 5.74) is 2.46. The van der Waals surface area contributed by atoms with Gasteiger partial charge < -0.3 is 14.8 Å². The highest BCUT2D eigenvalue weighted by molar-refractivity contribution is 7.98. The number of nitrogens with one attached hydrogen (secondary N) is 1. The molecule has 2 heterocycles. The van der Waals surface area contributed by atoms with Crippen molar-refractivity contribution < 1.29 is 14.3 Å². The van der Waals surface area contributed by atoms with Gasteiger partial charge in [0.1, 0.15) is 0 Å². The highest BCUT2D eigenvalue weighted by atomic mass is 32.2. The van der Waals surface area contributed by atoms with E-state index in [-0.39, 0.29) is 18.7 Å². The molecule has 1 amide bonds. The lowest BCUT2D eigenvalue weighted by Gasteiger charge is -2.15. The number of amides is 1.